The van der Waals surface area contributed by atoms with Gasteiger partial charge in [-0.05, 0) is 66.8 Å². The van der Waals surface area contributed by atoms with Crippen molar-refractivity contribution in [2.75, 3.05) is 5.32 Å². The highest BCUT2D eigenvalue weighted by Crippen LogP contribution is 2.45. The van der Waals surface area contributed by atoms with Gasteiger partial charge in [0, 0.05) is 53.0 Å². The highest BCUT2D eigenvalue weighted by atomic mass is 19.1. The van der Waals surface area contributed by atoms with Crippen LogP contribution in [0, 0.1) is 5.82 Å². The number of hydrogen-bond acceptors (Lipinski definition) is 4. The number of aromatic nitrogens is 1. The maximum absolute atomic E-state index is 13.6. The van der Waals surface area contributed by atoms with E-state index in [4.69, 9.17) is 0 Å². The minimum absolute atomic E-state index is 0.0315. The van der Waals surface area contributed by atoms with Crippen molar-refractivity contribution in [3.05, 3.63) is 119 Å². The number of carbonyl (C=O) groups is 2. The second-order valence-corrected chi connectivity index (χ2v) is 8.67. The number of nitrogens with one attached hydrogen (secondary N) is 2. The van der Waals surface area contributed by atoms with Gasteiger partial charge in [-0.3, -0.25) is 14.6 Å². The summed E-state index contributed by atoms with van der Waals surface area (Å²) in [5, 5.41) is 6.24. The lowest BCUT2D eigenvalue weighted by molar-refractivity contribution is -0.116. The maximum atomic E-state index is 13.6. The van der Waals surface area contributed by atoms with Crippen molar-refractivity contribution in [1.29, 1.82) is 0 Å². The molecule has 6 heteroatoms. The first-order valence-electron chi connectivity index (χ1n) is 11.3. The second-order valence-electron chi connectivity index (χ2n) is 8.67. The fourth-order valence-corrected chi connectivity index (χ4v) is 4.92. The number of nitrogens with zero attached hydrogens (tertiary/aromatic N) is 1. The van der Waals surface area contributed by atoms with Crippen LogP contribution >= 0.6 is 0 Å². The van der Waals surface area contributed by atoms with Crippen molar-refractivity contribution < 1.29 is 14.0 Å². The molecule has 1 aliphatic carbocycles. The van der Waals surface area contributed by atoms with Gasteiger partial charge in [0.1, 0.15) is 5.82 Å². The van der Waals surface area contributed by atoms with Crippen molar-refractivity contribution in [2.45, 2.75) is 31.6 Å². The molecular formula is C28H24FN3O2. The summed E-state index contributed by atoms with van der Waals surface area (Å²) in [6.07, 6.45) is 4.42. The van der Waals surface area contributed by atoms with Gasteiger partial charge in [-0.25, -0.2) is 4.39 Å². The van der Waals surface area contributed by atoms with Crippen molar-refractivity contribution >= 4 is 17.4 Å². The number of rotatable bonds is 4. The number of benzene rings is 2. The molecule has 0 radical (unpaired) electrons. The first-order chi connectivity index (χ1) is 16.5. The molecule has 1 aliphatic heterocycles. The minimum Gasteiger partial charge on any atom is -0.362 e. The lowest BCUT2D eigenvalue weighted by Crippen LogP contribution is -2.37. The van der Waals surface area contributed by atoms with E-state index in [1.165, 1.54) is 24.3 Å². The van der Waals surface area contributed by atoms with Gasteiger partial charge in [-0.15, -0.1) is 0 Å². The molecule has 5 rings (SSSR count). The SMILES string of the molecule is CC1=C(C(=O)Nc2ccc(F)cc2)[C@H](c2ccncc2)C2=C(C[C@H](c3ccccc3)CC2=O)N1. The summed E-state index contributed by atoms with van der Waals surface area (Å²) in [6, 6.07) is 19.4. The molecule has 0 fully saturated rings. The maximum Gasteiger partial charge on any atom is 0.254 e. The van der Waals surface area contributed by atoms with Gasteiger partial charge in [-0.2, -0.15) is 0 Å². The summed E-state index contributed by atoms with van der Waals surface area (Å²) in [6.45, 7) is 1.86. The van der Waals surface area contributed by atoms with Crippen LogP contribution in [0.15, 0.2) is 102 Å². The van der Waals surface area contributed by atoms with E-state index < -0.39 is 5.92 Å². The van der Waals surface area contributed by atoms with E-state index in [0.717, 1.165) is 16.8 Å². The fourth-order valence-electron chi connectivity index (χ4n) is 4.92. The molecule has 2 N–H and O–H groups in total. The summed E-state index contributed by atoms with van der Waals surface area (Å²) in [5.41, 5.74) is 5.11. The van der Waals surface area contributed by atoms with E-state index in [2.05, 4.69) is 27.8 Å². The van der Waals surface area contributed by atoms with Crippen LogP contribution in [0.1, 0.15) is 42.7 Å². The fraction of sp³-hybridized carbons (Fsp3) is 0.179. The Kier molecular flexibility index (Phi) is 5.80. The van der Waals surface area contributed by atoms with Gasteiger partial charge >= 0.3 is 0 Å². The van der Waals surface area contributed by atoms with Gasteiger partial charge in [0.15, 0.2) is 5.78 Å². The molecule has 3 aromatic rings. The van der Waals surface area contributed by atoms with Crippen LogP contribution in [0.25, 0.3) is 0 Å². The molecule has 0 spiro atoms. The Labute approximate surface area is 197 Å². The molecule has 2 aliphatic rings. The van der Waals surface area contributed by atoms with Crippen molar-refractivity contribution in [2.24, 2.45) is 0 Å². The van der Waals surface area contributed by atoms with E-state index >= 15 is 0 Å². The lowest BCUT2D eigenvalue weighted by atomic mass is 9.71. The van der Waals surface area contributed by atoms with Crippen molar-refractivity contribution in [3.8, 4) is 0 Å². The number of carbonyl (C=O) groups excluding carboxylic acids is 2. The number of pyridine rings is 1. The molecule has 0 unspecified atom stereocenters. The molecule has 2 heterocycles. The zero-order valence-corrected chi connectivity index (χ0v) is 18.7. The van der Waals surface area contributed by atoms with Crippen LogP contribution < -0.4 is 10.6 Å². The van der Waals surface area contributed by atoms with E-state index in [0.29, 0.717) is 35.4 Å². The van der Waals surface area contributed by atoms with E-state index in [1.807, 2.05) is 37.3 Å². The van der Waals surface area contributed by atoms with E-state index in [9.17, 15) is 14.0 Å². The number of hydrogen-bond donors (Lipinski definition) is 2. The Bertz CT molecular complexity index is 1300. The molecule has 0 saturated heterocycles. The number of anilines is 1. The number of Topliss-reactive ketones (excluding diaryl/α,β-unsaturated/α-hetero) is 1. The quantitative estimate of drug-likeness (QED) is 0.568. The molecule has 0 bridgehead atoms. The zero-order valence-electron chi connectivity index (χ0n) is 18.7. The predicted octanol–water partition coefficient (Wildman–Crippen LogP) is 5.22. The first-order valence-corrected chi connectivity index (χ1v) is 11.3. The predicted molar refractivity (Wildman–Crippen MR) is 128 cm³/mol. The normalized spacial score (nSPS) is 20.0. The summed E-state index contributed by atoms with van der Waals surface area (Å²) < 4.78 is 13.3. The van der Waals surface area contributed by atoms with Crippen LogP contribution in [-0.4, -0.2) is 16.7 Å². The molecule has 0 saturated carbocycles. The number of ketones is 1. The largest absolute Gasteiger partial charge is 0.362 e. The van der Waals surface area contributed by atoms with Gasteiger partial charge < -0.3 is 10.6 Å². The smallest absolute Gasteiger partial charge is 0.254 e. The third-order valence-corrected chi connectivity index (χ3v) is 6.48. The Hall–Kier alpha value is -4.06. The molecule has 5 nitrogen and oxygen atoms in total. The van der Waals surface area contributed by atoms with E-state index in [-0.39, 0.29) is 23.4 Å². The average molecular weight is 454 g/mol. The van der Waals surface area contributed by atoms with Crippen LogP contribution in [0.3, 0.4) is 0 Å². The van der Waals surface area contributed by atoms with Crippen LogP contribution in [0.5, 0.6) is 0 Å². The summed E-state index contributed by atoms with van der Waals surface area (Å²) in [7, 11) is 0. The third kappa shape index (κ3) is 4.15. The number of allylic oxidation sites excluding steroid dienone is 3. The summed E-state index contributed by atoms with van der Waals surface area (Å²) in [5.74, 6) is -1.10. The highest BCUT2D eigenvalue weighted by molar-refractivity contribution is 6.10. The van der Waals surface area contributed by atoms with Crippen LogP contribution in [0.4, 0.5) is 10.1 Å². The standard InChI is InChI=1S/C28H24FN3O2/c1-17-25(28(34)32-22-9-7-21(29)8-10-22)26(19-11-13-30-14-12-19)27-23(31-17)15-20(16-24(27)33)18-5-3-2-4-6-18/h2-14,20,26,31H,15-16H2,1H3,(H,32,34)/t20-,26-/m0/s1. The second kappa shape index (κ2) is 9.06. The number of dihydropyridines is 1. The molecule has 34 heavy (non-hydrogen) atoms. The first kappa shape index (κ1) is 21.8. The van der Waals surface area contributed by atoms with Gasteiger partial charge in [-0.1, -0.05) is 30.3 Å². The summed E-state index contributed by atoms with van der Waals surface area (Å²) in [4.78, 5) is 31.1. The Balaban J connectivity index is 1.54. The molecule has 2 atom stereocenters. The average Bonchev–Trinajstić information content (AvgIpc) is 2.85. The van der Waals surface area contributed by atoms with Crippen molar-refractivity contribution in [1.82, 2.24) is 10.3 Å². The van der Waals surface area contributed by atoms with Gasteiger partial charge in [0.25, 0.3) is 5.91 Å². The number of halogens is 1. The molecular weight excluding hydrogens is 429 g/mol. The lowest BCUT2D eigenvalue weighted by Gasteiger charge is -2.37. The monoisotopic (exact) mass is 453 g/mol. The molecule has 170 valence electrons. The third-order valence-electron chi connectivity index (χ3n) is 6.48. The highest BCUT2D eigenvalue weighted by Gasteiger charge is 2.40. The Morgan fingerprint density at radius 2 is 1.68 bits per heavy atom. The van der Waals surface area contributed by atoms with Crippen molar-refractivity contribution in [3.63, 3.8) is 0 Å². The van der Waals surface area contributed by atoms with E-state index in [1.54, 1.807) is 12.4 Å². The topological polar surface area (TPSA) is 71.1 Å². The Morgan fingerprint density at radius 3 is 2.38 bits per heavy atom. The molecule has 2 aromatic carbocycles. The van der Waals surface area contributed by atoms with Gasteiger partial charge in [0.2, 0.25) is 0 Å². The minimum atomic E-state index is -0.510. The molecule has 1 amide bonds. The molecule has 1 aromatic heterocycles. The van der Waals surface area contributed by atoms with Crippen LogP contribution in [-0.2, 0) is 9.59 Å². The van der Waals surface area contributed by atoms with Crippen LogP contribution in [0.2, 0.25) is 0 Å². The summed E-state index contributed by atoms with van der Waals surface area (Å²) >= 11 is 0. The number of amides is 1. The zero-order chi connectivity index (χ0) is 23.7. The van der Waals surface area contributed by atoms with Gasteiger partial charge in [0.05, 0.1) is 0 Å². The Morgan fingerprint density at radius 1 is 0.971 bits per heavy atom.